The maximum absolute atomic E-state index is 12.6. The Morgan fingerprint density at radius 2 is 2.11 bits per heavy atom. The summed E-state index contributed by atoms with van der Waals surface area (Å²) >= 11 is 2.51. The summed E-state index contributed by atoms with van der Waals surface area (Å²) in [6.45, 7) is 1.17. The van der Waals surface area contributed by atoms with E-state index in [2.05, 4.69) is 26.3 Å². The van der Waals surface area contributed by atoms with Crippen LogP contribution in [-0.2, 0) is 14.3 Å². The Morgan fingerprint density at radius 3 is 2.85 bits per heavy atom. The molecule has 1 aliphatic heterocycles. The second-order valence-electron chi connectivity index (χ2n) is 6.33. The number of urea groups is 1. The number of amides is 4. The summed E-state index contributed by atoms with van der Waals surface area (Å²) < 4.78 is 5.56. The van der Waals surface area contributed by atoms with E-state index in [-0.39, 0.29) is 11.7 Å². The van der Waals surface area contributed by atoms with Gasteiger partial charge in [0, 0.05) is 13.7 Å². The molecule has 2 aliphatic rings. The summed E-state index contributed by atoms with van der Waals surface area (Å²) in [5.41, 5.74) is 1.56. The van der Waals surface area contributed by atoms with Crippen molar-refractivity contribution >= 4 is 46.1 Å². The zero-order valence-corrected chi connectivity index (χ0v) is 16.6. The first-order valence-electron chi connectivity index (χ1n) is 8.69. The molecule has 1 spiro atoms. The van der Waals surface area contributed by atoms with E-state index in [1.54, 1.807) is 7.11 Å². The molecular formula is C15H22N6O4S2. The van der Waals surface area contributed by atoms with Crippen LogP contribution in [-0.4, -0.2) is 64.6 Å². The third-order valence-electron chi connectivity index (χ3n) is 4.42. The predicted octanol–water partition coefficient (Wildman–Crippen LogP) is 0.974. The van der Waals surface area contributed by atoms with Crippen LogP contribution >= 0.6 is 23.1 Å². The second-order valence-corrected chi connectivity index (χ2v) is 8.53. The summed E-state index contributed by atoms with van der Waals surface area (Å²) in [5.74, 6) is -0.789. The Hall–Kier alpha value is -1.92. The van der Waals surface area contributed by atoms with Crippen molar-refractivity contribution in [3.05, 3.63) is 0 Å². The van der Waals surface area contributed by atoms with Crippen LogP contribution in [0.25, 0.3) is 0 Å². The highest BCUT2D eigenvalue weighted by molar-refractivity contribution is 8.01. The number of nitrogens with zero attached hydrogens (tertiary/aromatic N) is 3. The van der Waals surface area contributed by atoms with Crippen molar-refractivity contribution in [2.24, 2.45) is 0 Å². The fourth-order valence-electron chi connectivity index (χ4n) is 3.10. The van der Waals surface area contributed by atoms with E-state index < -0.39 is 17.5 Å². The molecule has 148 valence electrons. The molecule has 1 saturated heterocycles. The fourth-order valence-corrected chi connectivity index (χ4v) is 4.67. The van der Waals surface area contributed by atoms with Crippen molar-refractivity contribution in [1.29, 1.82) is 0 Å². The number of rotatable bonds is 8. The Kier molecular flexibility index (Phi) is 6.50. The normalized spacial score (nSPS) is 18.6. The second kappa shape index (κ2) is 8.85. The Morgan fingerprint density at radius 1 is 1.33 bits per heavy atom. The predicted molar refractivity (Wildman–Crippen MR) is 100 cm³/mol. The number of hydrogen-bond donors (Lipinski definition) is 3. The van der Waals surface area contributed by atoms with Crippen LogP contribution in [0.5, 0.6) is 0 Å². The van der Waals surface area contributed by atoms with Crippen molar-refractivity contribution in [2.75, 3.05) is 31.3 Å². The molecule has 10 nitrogen and oxygen atoms in total. The minimum atomic E-state index is -0.849. The number of thioether (sulfide) groups is 1. The van der Waals surface area contributed by atoms with Gasteiger partial charge in [-0.25, -0.2) is 4.79 Å². The van der Waals surface area contributed by atoms with E-state index in [1.165, 1.54) is 23.1 Å². The molecule has 27 heavy (non-hydrogen) atoms. The number of hydrogen-bond acceptors (Lipinski definition) is 9. The van der Waals surface area contributed by atoms with Gasteiger partial charge in [0.25, 0.3) is 5.91 Å². The first kappa shape index (κ1) is 19.8. The minimum absolute atomic E-state index is 0.0246. The minimum Gasteiger partial charge on any atom is -0.383 e. The lowest BCUT2D eigenvalue weighted by Crippen LogP contribution is -2.51. The van der Waals surface area contributed by atoms with Crippen LogP contribution in [0.1, 0.15) is 32.1 Å². The maximum Gasteiger partial charge on any atom is 0.344 e. The van der Waals surface area contributed by atoms with E-state index >= 15 is 0 Å². The smallest absolute Gasteiger partial charge is 0.344 e. The molecule has 2 heterocycles. The van der Waals surface area contributed by atoms with E-state index in [1.807, 2.05) is 0 Å². The monoisotopic (exact) mass is 414 g/mol. The topological polar surface area (TPSA) is 126 Å². The van der Waals surface area contributed by atoms with Gasteiger partial charge in [-0.1, -0.05) is 42.4 Å². The van der Waals surface area contributed by atoms with E-state index in [4.69, 9.17) is 4.74 Å². The number of aromatic nitrogens is 2. The van der Waals surface area contributed by atoms with Crippen LogP contribution in [0, 0.1) is 0 Å². The van der Waals surface area contributed by atoms with Crippen molar-refractivity contribution in [3.63, 3.8) is 0 Å². The van der Waals surface area contributed by atoms with Gasteiger partial charge in [-0.05, 0) is 12.8 Å². The summed E-state index contributed by atoms with van der Waals surface area (Å²) in [6.07, 6.45) is 4.06. The molecule has 0 unspecified atom stereocenters. The number of nitrogens with one attached hydrogen (secondary N) is 3. The molecule has 3 N–H and O–H groups in total. The van der Waals surface area contributed by atoms with Gasteiger partial charge in [0.05, 0.1) is 12.4 Å². The lowest BCUT2D eigenvalue weighted by atomic mass is 9.82. The summed E-state index contributed by atoms with van der Waals surface area (Å²) in [6, 6.07) is -0.569. The van der Waals surface area contributed by atoms with Crippen LogP contribution in [0.2, 0.25) is 0 Å². The molecule has 0 aromatic carbocycles. The Bertz CT molecular complexity index is 706. The number of ether oxygens (including phenoxy) is 1. The van der Waals surface area contributed by atoms with Gasteiger partial charge >= 0.3 is 6.03 Å². The first-order chi connectivity index (χ1) is 13.0. The van der Waals surface area contributed by atoms with Crippen molar-refractivity contribution in [2.45, 2.75) is 42.0 Å². The van der Waals surface area contributed by atoms with Crippen molar-refractivity contribution < 1.29 is 19.1 Å². The summed E-state index contributed by atoms with van der Waals surface area (Å²) in [7, 11) is 1.61. The average molecular weight is 415 g/mol. The zero-order valence-electron chi connectivity index (χ0n) is 14.9. The van der Waals surface area contributed by atoms with E-state index in [0.29, 0.717) is 35.5 Å². The number of carbonyl (C=O) groups excluding carboxylic acids is 3. The highest BCUT2D eigenvalue weighted by Crippen LogP contribution is 2.33. The molecule has 1 aromatic heterocycles. The van der Waals surface area contributed by atoms with Crippen LogP contribution in [0.3, 0.4) is 0 Å². The molecule has 3 rings (SSSR count). The summed E-state index contributed by atoms with van der Waals surface area (Å²) in [4.78, 5) is 36.9. The van der Waals surface area contributed by atoms with E-state index in [0.717, 1.165) is 24.3 Å². The first-order valence-corrected chi connectivity index (χ1v) is 10.5. The molecule has 2 fully saturated rings. The largest absolute Gasteiger partial charge is 0.383 e. The lowest BCUT2D eigenvalue weighted by Gasteiger charge is -2.30. The molecule has 1 saturated carbocycles. The molecule has 1 aliphatic carbocycles. The molecule has 0 radical (unpaired) electrons. The zero-order chi connectivity index (χ0) is 19.3. The third kappa shape index (κ3) is 4.68. The van der Waals surface area contributed by atoms with Crippen LogP contribution < -0.4 is 16.1 Å². The van der Waals surface area contributed by atoms with Gasteiger partial charge in [0.2, 0.25) is 11.0 Å². The maximum atomic E-state index is 12.6. The fraction of sp³-hybridized carbons (Fsp3) is 0.667. The lowest BCUT2D eigenvalue weighted by molar-refractivity contribution is -0.139. The summed E-state index contributed by atoms with van der Waals surface area (Å²) in [5, 5.41) is 15.2. The highest BCUT2D eigenvalue weighted by atomic mass is 32.2. The Labute approximate surface area is 164 Å². The van der Waals surface area contributed by atoms with Gasteiger partial charge in [-0.15, -0.1) is 10.2 Å². The van der Waals surface area contributed by atoms with E-state index in [9.17, 15) is 14.4 Å². The molecular weight excluding hydrogens is 392 g/mol. The standard InChI is InChI=1S/C15H22N6O4S2/c1-25-8-7-16-12-18-19-14(27-12)26-9-10(22)20-21-11(23)15(17-13(21)24)5-3-2-4-6-15/h2-9H2,1H3,(H,16,18)(H,17,24)(H,20,22). The number of imide groups is 1. The average Bonchev–Trinajstić information content (AvgIpc) is 3.20. The van der Waals surface area contributed by atoms with Gasteiger partial charge in [0.1, 0.15) is 5.54 Å². The van der Waals surface area contributed by atoms with Crippen molar-refractivity contribution in [1.82, 2.24) is 25.9 Å². The molecule has 0 atom stereocenters. The molecule has 1 aromatic rings. The highest BCUT2D eigenvalue weighted by Gasteiger charge is 2.52. The molecule has 0 bridgehead atoms. The van der Waals surface area contributed by atoms with Gasteiger partial charge in [-0.2, -0.15) is 5.01 Å². The van der Waals surface area contributed by atoms with Gasteiger partial charge in [0.15, 0.2) is 4.34 Å². The van der Waals surface area contributed by atoms with Gasteiger partial charge < -0.3 is 15.4 Å². The third-order valence-corrected chi connectivity index (χ3v) is 6.44. The number of anilines is 1. The molecule has 4 amide bonds. The van der Waals surface area contributed by atoms with Crippen LogP contribution in [0.4, 0.5) is 9.93 Å². The number of methoxy groups -OCH3 is 1. The number of carbonyl (C=O) groups is 3. The number of hydrazine groups is 1. The van der Waals surface area contributed by atoms with Crippen LogP contribution in [0.15, 0.2) is 4.34 Å². The van der Waals surface area contributed by atoms with Crippen molar-refractivity contribution in [3.8, 4) is 0 Å². The SMILES string of the molecule is COCCNc1nnc(SCC(=O)NN2C(=O)NC3(CCCCC3)C2=O)s1. The quantitative estimate of drug-likeness (QED) is 0.326. The van der Waals surface area contributed by atoms with Gasteiger partial charge in [-0.3, -0.25) is 15.0 Å². The Balaban J connectivity index is 1.48. The molecule has 12 heteroatoms.